The van der Waals surface area contributed by atoms with E-state index >= 15 is 0 Å². The first kappa shape index (κ1) is 7.03. The Balaban J connectivity index is 2.11. The molecule has 1 saturated carbocycles. The topological polar surface area (TPSA) is 21.3 Å². The Kier molecular flexibility index (Phi) is 2.49. The zero-order valence-corrected chi connectivity index (χ0v) is 6.18. The highest BCUT2D eigenvalue weighted by Crippen LogP contribution is 2.21. The lowest BCUT2D eigenvalue weighted by molar-refractivity contribution is 0.00738. The molecule has 0 radical (unpaired) electrons. The number of hydrogen-bond acceptors (Lipinski definition) is 2. The predicted molar refractivity (Wildman–Crippen MR) is 37.5 cm³/mol. The van der Waals surface area contributed by atoms with Gasteiger partial charge >= 0.3 is 0 Å². The predicted octanol–water partition coefficient (Wildman–Crippen LogP) is 0.773. The fraction of sp³-hybridized carbons (Fsp3) is 1.00. The van der Waals surface area contributed by atoms with Crippen LogP contribution >= 0.6 is 0 Å². The van der Waals surface area contributed by atoms with E-state index in [0.717, 1.165) is 6.54 Å². The maximum absolute atomic E-state index is 5.19. The highest BCUT2D eigenvalue weighted by atomic mass is 16.5. The van der Waals surface area contributed by atoms with Crippen molar-refractivity contribution in [2.24, 2.45) is 0 Å². The summed E-state index contributed by atoms with van der Waals surface area (Å²) in [5.41, 5.74) is 0. The van der Waals surface area contributed by atoms with E-state index in [4.69, 9.17) is 4.74 Å². The Morgan fingerprint density at radius 1 is 1.56 bits per heavy atom. The lowest BCUT2D eigenvalue weighted by atomic mass is 9.89. The van der Waals surface area contributed by atoms with Crippen LogP contribution in [0, 0.1) is 0 Å². The number of rotatable bonds is 3. The largest absolute Gasteiger partial charge is 0.380 e. The van der Waals surface area contributed by atoms with Gasteiger partial charge in [0.05, 0.1) is 6.10 Å². The van der Waals surface area contributed by atoms with Crippen LogP contribution in [0.1, 0.15) is 19.8 Å². The van der Waals surface area contributed by atoms with Gasteiger partial charge in [0.1, 0.15) is 0 Å². The van der Waals surface area contributed by atoms with E-state index in [1.54, 1.807) is 7.11 Å². The minimum absolute atomic E-state index is 0.491. The molecule has 1 N–H and O–H groups in total. The van der Waals surface area contributed by atoms with Gasteiger partial charge in [-0.05, 0) is 19.4 Å². The minimum atomic E-state index is 0.491. The first-order chi connectivity index (χ1) is 4.38. The van der Waals surface area contributed by atoms with Crippen LogP contribution in [-0.4, -0.2) is 25.8 Å². The van der Waals surface area contributed by atoms with E-state index in [1.807, 2.05) is 0 Å². The fourth-order valence-corrected chi connectivity index (χ4v) is 1.25. The second kappa shape index (κ2) is 3.18. The van der Waals surface area contributed by atoms with Crippen LogP contribution in [0.15, 0.2) is 0 Å². The molecule has 0 aromatic carbocycles. The molecule has 1 fully saturated rings. The van der Waals surface area contributed by atoms with Gasteiger partial charge in [0.15, 0.2) is 0 Å². The molecule has 1 aliphatic carbocycles. The Bertz CT molecular complexity index is 83.0. The Labute approximate surface area is 56.6 Å². The average Bonchev–Trinajstić information content (AvgIpc) is 1.82. The maximum Gasteiger partial charge on any atom is 0.0724 e. The van der Waals surface area contributed by atoms with Gasteiger partial charge in [-0.1, -0.05) is 6.92 Å². The molecule has 0 spiro atoms. The molecular weight excluding hydrogens is 114 g/mol. The lowest BCUT2D eigenvalue weighted by Crippen LogP contribution is -2.48. The van der Waals surface area contributed by atoms with Crippen LogP contribution in [0.5, 0.6) is 0 Å². The SMILES string of the molecule is CCNC1CCC1OC. The number of nitrogens with one attached hydrogen (secondary N) is 1. The van der Waals surface area contributed by atoms with E-state index in [-0.39, 0.29) is 0 Å². The molecule has 1 rings (SSSR count). The van der Waals surface area contributed by atoms with Crippen molar-refractivity contribution < 1.29 is 4.74 Å². The van der Waals surface area contributed by atoms with Crippen molar-refractivity contribution in [3.63, 3.8) is 0 Å². The molecule has 0 heterocycles. The maximum atomic E-state index is 5.19. The summed E-state index contributed by atoms with van der Waals surface area (Å²) in [7, 11) is 1.79. The van der Waals surface area contributed by atoms with Gasteiger partial charge in [0.25, 0.3) is 0 Å². The molecule has 54 valence electrons. The third-order valence-electron chi connectivity index (χ3n) is 1.98. The molecule has 0 amide bonds. The van der Waals surface area contributed by atoms with Crippen molar-refractivity contribution >= 4 is 0 Å². The van der Waals surface area contributed by atoms with E-state index < -0.39 is 0 Å². The van der Waals surface area contributed by atoms with E-state index in [2.05, 4.69) is 12.2 Å². The molecule has 2 heteroatoms. The van der Waals surface area contributed by atoms with Gasteiger partial charge < -0.3 is 10.1 Å². The van der Waals surface area contributed by atoms with Crippen molar-refractivity contribution in [1.29, 1.82) is 0 Å². The summed E-state index contributed by atoms with van der Waals surface area (Å²) in [6.45, 7) is 3.19. The molecule has 1 aliphatic rings. The molecular formula is C7H15NO. The summed E-state index contributed by atoms with van der Waals surface area (Å²) < 4.78 is 5.19. The molecule has 2 atom stereocenters. The highest BCUT2D eigenvalue weighted by Gasteiger charge is 2.29. The third kappa shape index (κ3) is 1.43. The van der Waals surface area contributed by atoms with Crippen LogP contribution in [0.2, 0.25) is 0 Å². The quantitative estimate of drug-likeness (QED) is 0.608. The van der Waals surface area contributed by atoms with E-state index in [0.29, 0.717) is 12.1 Å². The van der Waals surface area contributed by atoms with Crippen molar-refractivity contribution in [1.82, 2.24) is 5.32 Å². The first-order valence-electron chi connectivity index (χ1n) is 3.64. The summed E-state index contributed by atoms with van der Waals surface area (Å²) in [4.78, 5) is 0. The summed E-state index contributed by atoms with van der Waals surface area (Å²) in [5, 5.41) is 3.36. The van der Waals surface area contributed by atoms with Crippen LogP contribution in [0.3, 0.4) is 0 Å². The second-order valence-corrected chi connectivity index (χ2v) is 2.52. The second-order valence-electron chi connectivity index (χ2n) is 2.52. The number of likely N-dealkylation sites (N-methyl/N-ethyl adjacent to an activating group) is 1. The normalized spacial score (nSPS) is 34.0. The summed E-state index contributed by atoms with van der Waals surface area (Å²) in [6.07, 6.45) is 3.01. The van der Waals surface area contributed by atoms with Gasteiger partial charge in [-0.15, -0.1) is 0 Å². The molecule has 2 unspecified atom stereocenters. The standard InChI is InChI=1S/C7H15NO/c1-3-8-6-4-5-7(6)9-2/h6-8H,3-5H2,1-2H3. The minimum Gasteiger partial charge on any atom is -0.380 e. The Morgan fingerprint density at radius 3 is 2.67 bits per heavy atom. The molecule has 0 bridgehead atoms. The monoisotopic (exact) mass is 129 g/mol. The van der Waals surface area contributed by atoms with Crippen LogP contribution in [0.4, 0.5) is 0 Å². The summed E-state index contributed by atoms with van der Waals surface area (Å²) in [6, 6.07) is 0.639. The Hall–Kier alpha value is -0.0800. The third-order valence-corrected chi connectivity index (χ3v) is 1.98. The highest BCUT2D eigenvalue weighted by molar-refractivity contribution is 4.86. The van der Waals surface area contributed by atoms with Crippen molar-refractivity contribution in [2.75, 3.05) is 13.7 Å². The fourth-order valence-electron chi connectivity index (χ4n) is 1.25. The van der Waals surface area contributed by atoms with Gasteiger partial charge in [-0.3, -0.25) is 0 Å². The van der Waals surface area contributed by atoms with Crippen LogP contribution in [0.25, 0.3) is 0 Å². The van der Waals surface area contributed by atoms with E-state index in [9.17, 15) is 0 Å². The number of hydrogen-bond donors (Lipinski definition) is 1. The lowest BCUT2D eigenvalue weighted by Gasteiger charge is -2.35. The molecule has 0 aromatic rings. The molecule has 0 saturated heterocycles. The number of methoxy groups -OCH3 is 1. The molecule has 9 heavy (non-hydrogen) atoms. The van der Waals surface area contributed by atoms with Crippen molar-refractivity contribution in [3.05, 3.63) is 0 Å². The van der Waals surface area contributed by atoms with Crippen LogP contribution in [-0.2, 0) is 4.74 Å². The van der Waals surface area contributed by atoms with Gasteiger partial charge in [-0.2, -0.15) is 0 Å². The molecule has 0 aliphatic heterocycles. The van der Waals surface area contributed by atoms with Crippen molar-refractivity contribution in [2.45, 2.75) is 31.9 Å². The van der Waals surface area contributed by atoms with Gasteiger partial charge in [0.2, 0.25) is 0 Å². The zero-order chi connectivity index (χ0) is 6.69. The summed E-state index contributed by atoms with van der Waals surface area (Å²) in [5.74, 6) is 0. The first-order valence-corrected chi connectivity index (χ1v) is 3.64. The van der Waals surface area contributed by atoms with Crippen LogP contribution < -0.4 is 5.32 Å². The average molecular weight is 129 g/mol. The van der Waals surface area contributed by atoms with E-state index in [1.165, 1.54) is 12.8 Å². The molecule has 2 nitrogen and oxygen atoms in total. The van der Waals surface area contributed by atoms with Gasteiger partial charge in [0, 0.05) is 13.2 Å². The van der Waals surface area contributed by atoms with Crippen molar-refractivity contribution in [3.8, 4) is 0 Å². The summed E-state index contributed by atoms with van der Waals surface area (Å²) >= 11 is 0. The number of ether oxygens (including phenoxy) is 1. The zero-order valence-electron chi connectivity index (χ0n) is 6.18. The molecule has 0 aromatic heterocycles. The van der Waals surface area contributed by atoms with Gasteiger partial charge in [-0.25, -0.2) is 0 Å². The smallest absolute Gasteiger partial charge is 0.0724 e. The Morgan fingerprint density at radius 2 is 2.33 bits per heavy atom.